The Labute approximate surface area is 128 Å². The number of rotatable bonds is 5. The normalized spacial score (nSPS) is 12.9. The van der Waals surface area contributed by atoms with Gasteiger partial charge in [-0.15, -0.1) is 0 Å². The Morgan fingerprint density at radius 1 is 0.955 bits per heavy atom. The zero-order chi connectivity index (χ0) is 15.4. The molecule has 0 spiro atoms. The predicted octanol–water partition coefficient (Wildman–Crippen LogP) is 2.74. The van der Waals surface area contributed by atoms with E-state index in [1.165, 1.54) is 18.4 Å². The van der Waals surface area contributed by atoms with E-state index in [9.17, 15) is 8.42 Å². The Morgan fingerprint density at radius 2 is 1.73 bits per heavy atom. The van der Waals surface area contributed by atoms with Crippen molar-refractivity contribution in [3.8, 4) is 0 Å². The van der Waals surface area contributed by atoms with Gasteiger partial charge < -0.3 is 4.42 Å². The highest BCUT2D eigenvalue weighted by molar-refractivity contribution is 7.89. The minimum absolute atomic E-state index is 0.114. The summed E-state index contributed by atoms with van der Waals surface area (Å²) < 4.78 is 32.5. The van der Waals surface area contributed by atoms with Crippen molar-refractivity contribution in [2.75, 3.05) is 0 Å². The lowest BCUT2D eigenvalue weighted by Crippen LogP contribution is -2.29. The first-order chi connectivity index (χ1) is 10.7. The van der Waals surface area contributed by atoms with Gasteiger partial charge in [-0.25, -0.2) is 8.42 Å². The average molecular weight is 314 g/mol. The Hall–Kier alpha value is -2.44. The molecule has 3 rings (SSSR count). The molecule has 0 fully saturated rings. The molecule has 2 aromatic heterocycles. The molecular formula is C16H14N2O3S. The highest BCUT2D eigenvalue weighted by atomic mass is 32.2. The van der Waals surface area contributed by atoms with E-state index in [0.29, 0.717) is 0 Å². The predicted molar refractivity (Wildman–Crippen MR) is 81.6 cm³/mol. The van der Waals surface area contributed by atoms with E-state index in [-0.39, 0.29) is 5.09 Å². The van der Waals surface area contributed by atoms with Crippen molar-refractivity contribution in [2.45, 2.75) is 11.1 Å². The molecule has 0 aliphatic rings. The second-order valence-corrected chi connectivity index (χ2v) is 6.33. The summed E-state index contributed by atoms with van der Waals surface area (Å²) in [6.45, 7) is 0. The summed E-state index contributed by atoms with van der Waals surface area (Å²) >= 11 is 0. The van der Waals surface area contributed by atoms with Gasteiger partial charge >= 0.3 is 0 Å². The van der Waals surface area contributed by atoms with E-state index >= 15 is 0 Å². The van der Waals surface area contributed by atoms with Gasteiger partial charge in [-0.2, -0.15) is 4.72 Å². The van der Waals surface area contributed by atoms with E-state index < -0.39 is 16.1 Å². The van der Waals surface area contributed by atoms with Crippen LogP contribution < -0.4 is 4.72 Å². The van der Waals surface area contributed by atoms with Crippen LogP contribution in [0.2, 0.25) is 0 Å². The van der Waals surface area contributed by atoms with Crippen LogP contribution in [0.15, 0.2) is 82.8 Å². The van der Waals surface area contributed by atoms with Crippen LogP contribution in [0.4, 0.5) is 0 Å². The van der Waals surface area contributed by atoms with E-state index in [1.54, 1.807) is 18.5 Å². The van der Waals surface area contributed by atoms with Gasteiger partial charge in [-0.3, -0.25) is 4.98 Å². The SMILES string of the molecule is O=S(=O)(N[C@@H](c1ccccc1)c1cccnc1)c1ccco1. The topological polar surface area (TPSA) is 72.2 Å². The number of sulfonamides is 1. The molecule has 5 nitrogen and oxygen atoms in total. The molecule has 0 aliphatic carbocycles. The van der Waals surface area contributed by atoms with Crippen LogP contribution in [0, 0.1) is 0 Å². The molecule has 112 valence electrons. The molecule has 0 amide bonds. The molecule has 0 aliphatic heterocycles. The summed E-state index contributed by atoms with van der Waals surface area (Å²) in [5.74, 6) is 0. The van der Waals surface area contributed by atoms with Crippen LogP contribution in [-0.4, -0.2) is 13.4 Å². The van der Waals surface area contributed by atoms with Crippen LogP contribution in [0.25, 0.3) is 0 Å². The second kappa shape index (κ2) is 6.13. The van der Waals surface area contributed by atoms with Gasteiger partial charge in [0.2, 0.25) is 5.09 Å². The molecular weight excluding hydrogens is 300 g/mol. The summed E-state index contributed by atoms with van der Waals surface area (Å²) in [6.07, 6.45) is 4.62. The zero-order valence-corrected chi connectivity index (χ0v) is 12.4. The lowest BCUT2D eigenvalue weighted by Gasteiger charge is -2.18. The van der Waals surface area contributed by atoms with Crippen LogP contribution in [-0.2, 0) is 10.0 Å². The van der Waals surface area contributed by atoms with Gasteiger partial charge in [0, 0.05) is 12.4 Å². The summed E-state index contributed by atoms with van der Waals surface area (Å²) in [6, 6.07) is 15.3. The number of benzene rings is 1. The maximum Gasteiger partial charge on any atom is 0.274 e. The fraction of sp³-hybridized carbons (Fsp3) is 0.0625. The Bertz CT molecular complexity index is 777. The fourth-order valence-corrected chi connectivity index (χ4v) is 3.29. The highest BCUT2D eigenvalue weighted by Crippen LogP contribution is 2.24. The van der Waals surface area contributed by atoms with Crippen LogP contribution in [0.5, 0.6) is 0 Å². The largest absolute Gasteiger partial charge is 0.452 e. The van der Waals surface area contributed by atoms with Crippen molar-refractivity contribution in [3.63, 3.8) is 0 Å². The zero-order valence-electron chi connectivity index (χ0n) is 11.6. The van der Waals surface area contributed by atoms with E-state index in [4.69, 9.17) is 4.42 Å². The molecule has 0 unspecified atom stereocenters. The fourth-order valence-electron chi connectivity index (χ4n) is 2.15. The number of hydrogen-bond donors (Lipinski definition) is 1. The minimum atomic E-state index is -3.76. The Kier molecular flexibility index (Phi) is 4.04. The van der Waals surface area contributed by atoms with Gasteiger partial charge in [-0.1, -0.05) is 36.4 Å². The standard InChI is InChI=1S/C16H14N2O3S/c19-22(20,15-9-5-11-21-15)18-16(13-6-2-1-3-7-13)14-8-4-10-17-12-14/h1-12,16,18H/t16-/m0/s1. The molecule has 0 saturated carbocycles. The maximum absolute atomic E-state index is 12.4. The minimum Gasteiger partial charge on any atom is -0.452 e. The third-order valence-corrected chi connectivity index (χ3v) is 4.49. The number of pyridine rings is 1. The van der Waals surface area contributed by atoms with Gasteiger partial charge in [-0.05, 0) is 29.3 Å². The second-order valence-electron chi connectivity index (χ2n) is 4.68. The summed E-state index contributed by atoms with van der Waals surface area (Å²) in [5.41, 5.74) is 1.58. The van der Waals surface area contributed by atoms with Crippen LogP contribution in [0.1, 0.15) is 17.2 Å². The molecule has 0 bridgehead atoms. The van der Waals surface area contributed by atoms with Gasteiger partial charge in [0.25, 0.3) is 10.0 Å². The number of aromatic nitrogens is 1. The molecule has 22 heavy (non-hydrogen) atoms. The molecule has 0 radical (unpaired) electrons. The summed E-state index contributed by atoms with van der Waals surface area (Å²) in [4.78, 5) is 4.07. The number of nitrogens with one attached hydrogen (secondary N) is 1. The quantitative estimate of drug-likeness (QED) is 0.786. The molecule has 0 saturated heterocycles. The van der Waals surface area contributed by atoms with Crippen molar-refractivity contribution in [1.29, 1.82) is 0 Å². The Morgan fingerprint density at radius 3 is 2.36 bits per heavy atom. The van der Waals surface area contributed by atoms with Crippen molar-refractivity contribution >= 4 is 10.0 Å². The van der Waals surface area contributed by atoms with Crippen molar-refractivity contribution in [3.05, 3.63) is 84.4 Å². The van der Waals surface area contributed by atoms with Crippen molar-refractivity contribution in [1.82, 2.24) is 9.71 Å². The molecule has 3 aromatic rings. The number of nitrogens with zero attached hydrogens (tertiary/aromatic N) is 1. The third kappa shape index (κ3) is 3.08. The molecule has 1 atom stereocenters. The van der Waals surface area contributed by atoms with Crippen molar-refractivity contribution in [2.24, 2.45) is 0 Å². The van der Waals surface area contributed by atoms with E-state index in [2.05, 4.69) is 9.71 Å². The molecule has 1 aromatic carbocycles. The average Bonchev–Trinajstić information content (AvgIpc) is 3.10. The summed E-state index contributed by atoms with van der Waals surface area (Å²) in [7, 11) is -3.76. The van der Waals surface area contributed by atoms with Crippen LogP contribution >= 0.6 is 0 Å². The van der Waals surface area contributed by atoms with Gasteiger partial charge in [0.1, 0.15) is 0 Å². The maximum atomic E-state index is 12.4. The Balaban J connectivity index is 2.00. The smallest absolute Gasteiger partial charge is 0.274 e. The first-order valence-corrected chi connectivity index (χ1v) is 8.16. The molecule has 1 N–H and O–H groups in total. The monoisotopic (exact) mass is 314 g/mol. The van der Waals surface area contributed by atoms with Crippen molar-refractivity contribution < 1.29 is 12.8 Å². The first-order valence-electron chi connectivity index (χ1n) is 6.67. The first kappa shape index (κ1) is 14.5. The lowest BCUT2D eigenvalue weighted by atomic mass is 10.0. The molecule has 6 heteroatoms. The number of furan rings is 1. The van der Waals surface area contributed by atoms with Gasteiger partial charge in [0.05, 0.1) is 12.3 Å². The highest BCUT2D eigenvalue weighted by Gasteiger charge is 2.24. The third-order valence-electron chi connectivity index (χ3n) is 3.18. The number of hydrogen-bond acceptors (Lipinski definition) is 4. The van der Waals surface area contributed by atoms with Crippen LogP contribution in [0.3, 0.4) is 0 Å². The van der Waals surface area contributed by atoms with Gasteiger partial charge in [0.15, 0.2) is 0 Å². The van der Waals surface area contributed by atoms with E-state index in [0.717, 1.165) is 11.1 Å². The lowest BCUT2D eigenvalue weighted by molar-refractivity contribution is 0.443. The summed E-state index contributed by atoms with van der Waals surface area (Å²) in [5, 5.41) is -0.114. The molecule has 2 heterocycles. The van der Waals surface area contributed by atoms with E-state index in [1.807, 2.05) is 36.4 Å².